The van der Waals surface area contributed by atoms with Gasteiger partial charge in [0.2, 0.25) is 0 Å². The van der Waals surface area contributed by atoms with Gasteiger partial charge in [0.05, 0.1) is 18.1 Å². The quantitative estimate of drug-likeness (QED) is 0.922. The molecule has 1 aliphatic heterocycles. The molecule has 0 spiro atoms. The van der Waals surface area contributed by atoms with Gasteiger partial charge in [-0.15, -0.1) is 0 Å². The van der Waals surface area contributed by atoms with Gasteiger partial charge in [0.1, 0.15) is 4.60 Å². The molecule has 1 saturated heterocycles. The molecule has 0 saturated carbocycles. The van der Waals surface area contributed by atoms with Crippen LogP contribution >= 0.6 is 15.9 Å². The number of aromatic nitrogens is 2. The molecule has 2 rings (SSSR count). The molecule has 1 aliphatic rings. The topological polar surface area (TPSA) is 33.1 Å². The molecule has 1 atom stereocenters. The molecule has 4 nitrogen and oxygen atoms in total. The van der Waals surface area contributed by atoms with E-state index in [0.717, 1.165) is 16.8 Å². The number of rotatable bonds is 4. The van der Waals surface area contributed by atoms with E-state index in [2.05, 4.69) is 31.1 Å². The minimum absolute atomic E-state index is 0.385. The van der Waals surface area contributed by atoms with Crippen molar-refractivity contribution in [3.63, 3.8) is 0 Å². The molecule has 1 N–H and O–H groups in total. The number of nitrogens with zero attached hydrogens (tertiary/aromatic N) is 3. The van der Waals surface area contributed by atoms with Crippen LogP contribution in [0.15, 0.2) is 10.9 Å². The molecule has 5 heteroatoms. The maximum Gasteiger partial charge on any atom is 0.109 e. The van der Waals surface area contributed by atoms with E-state index in [1.54, 1.807) is 0 Å². The van der Waals surface area contributed by atoms with Crippen molar-refractivity contribution in [2.45, 2.75) is 25.3 Å². The van der Waals surface area contributed by atoms with Crippen molar-refractivity contribution in [3.05, 3.63) is 16.6 Å². The molecule has 0 amide bonds. The Bertz CT molecular complexity index is 357. The largest absolute Gasteiger partial charge is 0.328 e. The van der Waals surface area contributed by atoms with Gasteiger partial charge >= 0.3 is 0 Å². The molecule has 0 aromatic carbocycles. The fraction of sp³-hybridized carbons (Fsp3) is 0.750. The van der Waals surface area contributed by atoms with E-state index in [4.69, 9.17) is 0 Å². The molecule has 0 radical (unpaired) electrons. The molecule has 1 aromatic heterocycles. The fourth-order valence-corrected chi connectivity index (χ4v) is 2.94. The van der Waals surface area contributed by atoms with E-state index < -0.39 is 0 Å². The molecule has 1 aromatic rings. The monoisotopic (exact) mass is 300 g/mol. The molecular weight excluding hydrogens is 280 g/mol. The fourth-order valence-electron chi connectivity index (χ4n) is 2.48. The third-order valence-electron chi connectivity index (χ3n) is 3.44. The second-order valence-corrected chi connectivity index (χ2v) is 5.45. The number of likely N-dealkylation sites (N-methyl/N-ethyl adjacent to an activating group) is 1. The zero-order valence-corrected chi connectivity index (χ0v) is 12.2. The van der Waals surface area contributed by atoms with Gasteiger partial charge in [-0.05, 0) is 48.9 Å². The summed E-state index contributed by atoms with van der Waals surface area (Å²) in [6, 6.07) is 0.385. The first-order chi connectivity index (χ1) is 8.24. The molecule has 2 heterocycles. The Balaban J connectivity index is 2.18. The van der Waals surface area contributed by atoms with Gasteiger partial charge in [-0.1, -0.05) is 6.42 Å². The second kappa shape index (κ2) is 5.98. The van der Waals surface area contributed by atoms with E-state index >= 15 is 0 Å². The summed E-state index contributed by atoms with van der Waals surface area (Å²) in [6.45, 7) is 3.33. The van der Waals surface area contributed by atoms with Crippen molar-refractivity contribution in [3.8, 4) is 0 Å². The minimum atomic E-state index is 0.385. The Morgan fingerprint density at radius 2 is 2.12 bits per heavy atom. The van der Waals surface area contributed by atoms with Gasteiger partial charge < -0.3 is 9.88 Å². The van der Waals surface area contributed by atoms with Gasteiger partial charge in [-0.25, -0.2) is 4.98 Å². The lowest BCUT2D eigenvalue weighted by Gasteiger charge is -2.33. The summed E-state index contributed by atoms with van der Waals surface area (Å²) in [6.07, 6.45) is 5.87. The van der Waals surface area contributed by atoms with Crippen LogP contribution in [0.1, 0.15) is 31.0 Å². The molecule has 0 bridgehead atoms. The lowest BCUT2D eigenvalue weighted by Crippen LogP contribution is -2.38. The molecule has 1 fully saturated rings. The van der Waals surface area contributed by atoms with Gasteiger partial charge in [-0.3, -0.25) is 4.90 Å². The predicted molar refractivity (Wildman–Crippen MR) is 73.0 cm³/mol. The lowest BCUT2D eigenvalue weighted by molar-refractivity contribution is 0.159. The molecular formula is C12H21BrN4. The highest BCUT2D eigenvalue weighted by Crippen LogP contribution is 2.28. The average Bonchev–Trinajstić information content (AvgIpc) is 2.69. The van der Waals surface area contributed by atoms with Crippen molar-refractivity contribution < 1.29 is 0 Å². The third-order valence-corrected chi connectivity index (χ3v) is 4.40. The summed E-state index contributed by atoms with van der Waals surface area (Å²) in [5.74, 6) is 0. The lowest BCUT2D eigenvalue weighted by atomic mass is 10.1. The maximum atomic E-state index is 4.54. The Labute approximate surface area is 112 Å². The summed E-state index contributed by atoms with van der Waals surface area (Å²) in [7, 11) is 4.03. The van der Waals surface area contributed by atoms with E-state index in [1.807, 2.05) is 25.0 Å². The van der Waals surface area contributed by atoms with Crippen LogP contribution < -0.4 is 5.32 Å². The number of likely N-dealkylation sites (tertiary alicyclic amines) is 1. The van der Waals surface area contributed by atoms with Crippen LogP contribution in [0.4, 0.5) is 0 Å². The number of hydrogen-bond donors (Lipinski definition) is 1. The van der Waals surface area contributed by atoms with Crippen molar-refractivity contribution in [2.75, 3.05) is 26.7 Å². The first kappa shape index (κ1) is 13.1. The first-order valence-corrected chi connectivity index (χ1v) is 7.08. The smallest absolute Gasteiger partial charge is 0.109 e. The molecule has 17 heavy (non-hydrogen) atoms. The van der Waals surface area contributed by atoms with E-state index in [-0.39, 0.29) is 0 Å². The van der Waals surface area contributed by atoms with E-state index in [9.17, 15) is 0 Å². The van der Waals surface area contributed by atoms with Crippen molar-refractivity contribution in [2.24, 2.45) is 7.05 Å². The van der Waals surface area contributed by atoms with Crippen LogP contribution in [0.25, 0.3) is 0 Å². The number of hydrogen-bond acceptors (Lipinski definition) is 3. The van der Waals surface area contributed by atoms with Crippen LogP contribution in [0, 0.1) is 0 Å². The predicted octanol–water partition coefficient (Wildman–Crippen LogP) is 1.93. The van der Waals surface area contributed by atoms with Crippen molar-refractivity contribution in [1.29, 1.82) is 0 Å². The normalized spacial score (nSPS) is 19.5. The summed E-state index contributed by atoms with van der Waals surface area (Å²) < 4.78 is 3.13. The van der Waals surface area contributed by atoms with Crippen molar-refractivity contribution in [1.82, 2.24) is 19.8 Å². The first-order valence-electron chi connectivity index (χ1n) is 6.29. The number of imidazole rings is 1. The second-order valence-electron chi connectivity index (χ2n) is 4.70. The maximum absolute atomic E-state index is 4.54. The number of aryl methyl sites for hydroxylation is 1. The standard InChI is InChI=1S/C12H21BrN4/c1-14-8-10(17-6-4-3-5-7-17)11-12(13)16(2)9-15-11/h9-10,14H,3-8H2,1-2H3. The van der Waals surface area contributed by atoms with Crippen LogP contribution in [0.5, 0.6) is 0 Å². The van der Waals surface area contributed by atoms with Gasteiger partial charge in [0.25, 0.3) is 0 Å². The highest BCUT2D eigenvalue weighted by Gasteiger charge is 2.25. The van der Waals surface area contributed by atoms with Crippen LogP contribution in [-0.4, -0.2) is 41.1 Å². The average molecular weight is 301 g/mol. The third kappa shape index (κ3) is 2.89. The van der Waals surface area contributed by atoms with E-state index in [1.165, 1.54) is 32.4 Å². The van der Waals surface area contributed by atoms with Crippen LogP contribution in [-0.2, 0) is 7.05 Å². The van der Waals surface area contributed by atoms with Gasteiger partial charge in [0.15, 0.2) is 0 Å². The number of halogens is 1. The summed E-state index contributed by atoms with van der Waals surface area (Å²) in [4.78, 5) is 7.09. The minimum Gasteiger partial charge on any atom is -0.328 e. The highest BCUT2D eigenvalue weighted by atomic mass is 79.9. The zero-order chi connectivity index (χ0) is 12.3. The summed E-state index contributed by atoms with van der Waals surface area (Å²) >= 11 is 3.63. The highest BCUT2D eigenvalue weighted by molar-refractivity contribution is 9.10. The van der Waals surface area contributed by atoms with E-state index in [0.29, 0.717) is 6.04 Å². The molecule has 96 valence electrons. The van der Waals surface area contributed by atoms with Gasteiger partial charge in [-0.2, -0.15) is 0 Å². The summed E-state index contributed by atoms with van der Waals surface area (Å²) in [5.41, 5.74) is 1.16. The zero-order valence-electron chi connectivity index (χ0n) is 10.6. The SMILES string of the molecule is CNCC(c1ncn(C)c1Br)N1CCCCC1. The molecule has 1 unspecified atom stereocenters. The van der Waals surface area contributed by atoms with Crippen LogP contribution in [0.3, 0.4) is 0 Å². The van der Waals surface area contributed by atoms with Crippen LogP contribution in [0.2, 0.25) is 0 Å². The number of nitrogens with one attached hydrogen (secondary N) is 1. The Morgan fingerprint density at radius 3 is 2.65 bits per heavy atom. The summed E-state index contributed by atoms with van der Waals surface area (Å²) in [5, 5.41) is 3.29. The number of piperidine rings is 1. The van der Waals surface area contributed by atoms with Gasteiger partial charge in [0, 0.05) is 13.6 Å². The molecule has 0 aliphatic carbocycles. The Kier molecular flexibility index (Phi) is 4.59. The van der Waals surface area contributed by atoms with Crippen molar-refractivity contribution >= 4 is 15.9 Å². The Hall–Kier alpha value is -0.390. The Morgan fingerprint density at radius 1 is 1.41 bits per heavy atom.